The summed E-state index contributed by atoms with van der Waals surface area (Å²) in [5.41, 5.74) is 2.58. The molecular weight excluding hydrogens is 358 g/mol. The van der Waals surface area contributed by atoms with Crippen LogP contribution < -0.4 is 4.74 Å². The second kappa shape index (κ2) is 11.6. The first-order valence-corrected chi connectivity index (χ1v) is 11.1. The lowest BCUT2D eigenvalue weighted by Crippen LogP contribution is -2.15. The first kappa shape index (κ1) is 21.3. The Morgan fingerprint density at radius 1 is 1.07 bits per heavy atom. The summed E-state index contributed by atoms with van der Waals surface area (Å²) in [6.45, 7) is 2.92. The number of nitrogens with zero attached hydrogens (tertiary/aromatic N) is 3. The molecule has 0 unspecified atom stereocenters. The number of rotatable bonds is 10. The molecule has 0 aliphatic heterocycles. The van der Waals surface area contributed by atoms with Gasteiger partial charge in [0.25, 0.3) is 0 Å². The van der Waals surface area contributed by atoms with E-state index in [1.165, 1.54) is 63.4 Å². The summed E-state index contributed by atoms with van der Waals surface area (Å²) < 4.78 is 5.97. The predicted octanol–water partition coefficient (Wildman–Crippen LogP) is 6.30. The average Bonchev–Trinajstić information content (AvgIpc) is 2.78. The third-order valence-electron chi connectivity index (χ3n) is 5.67. The van der Waals surface area contributed by atoms with Gasteiger partial charge in [0, 0.05) is 18.0 Å². The van der Waals surface area contributed by atoms with Gasteiger partial charge in [-0.1, -0.05) is 32.6 Å². The summed E-state index contributed by atoms with van der Waals surface area (Å²) in [4.78, 5) is 9.05. The van der Waals surface area contributed by atoms with Crippen molar-refractivity contribution >= 4 is 0 Å². The second-order valence-corrected chi connectivity index (χ2v) is 8.02. The summed E-state index contributed by atoms with van der Waals surface area (Å²) in [6.07, 6.45) is 18.3. The summed E-state index contributed by atoms with van der Waals surface area (Å²) in [6, 6.07) is 7.93. The molecule has 0 bridgehead atoms. The van der Waals surface area contributed by atoms with Gasteiger partial charge in [-0.05, 0) is 74.6 Å². The molecule has 1 heterocycles. The fourth-order valence-electron chi connectivity index (χ4n) is 3.82. The maximum Gasteiger partial charge on any atom is 0.159 e. The van der Waals surface area contributed by atoms with Crippen LogP contribution in [-0.2, 0) is 6.42 Å². The van der Waals surface area contributed by atoms with E-state index in [9.17, 15) is 5.26 Å². The molecular formula is C25H32N3O. The summed E-state index contributed by atoms with van der Waals surface area (Å²) in [5, 5.41) is 9.55. The summed E-state index contributed by atoms with van der Waals surface area (Å²) in [7, 11) is 0. The SMILES string of the molecule is CCCCCCCc1cnc(-c2ccc(OCC3CC[CH]CC3)c(C#N)c2)nc1. The van der Waals surface area contributed by atoms with E-state index in [4.69, 9.17) is 4.74 Å². The van der Waals surface area contributed by atoms with Crippen molar-refractivity contribution in [1.82, 2.24) is 9.97 Å². The molecule has 4 nitrogen and oxygen atoms in total. The standard InChI is InChI=1S/C25H32N3O/c1-2-3-4-5-7-12-21-17-27-25(28-18-21)22-13-14-24(23(15-22)16-26)29-19-20-10-8-6-9-11-20/h6,13-15,17-18,20H,2-5,7-12,19H2,1H3. The molecule has 153 valence electrons. The fourth-order valence-corrected chi connectivity index (χ4v) is 3.82. The second-order valence-electron chi connectivity index (χ2n) is 8.02. The molecule has 29 heavy (non-hydrogen) atoms. The lowest BCUT2D eigenvalue weighted by Gasteiger charge is -2.21. The van der Waals surface area contributed by atoms with Gasteiger partial charge in [0.05, 0.1) is 12.2 Å². The highest BCUT2D eigenvalue weighted by atomic mass is 16.5. The number of nitriles is 1. The van der Waals surface area contributed by atoms with Crippen molar-refractivity contribution < 1.29 is 4.74 Å². The Labute approximate surface area is 175 Å². The third kappa shape index (κ3) is 6.56. The van der Waals surface area contributed by atoms with Crippen LogP contribution in [0.15, 0.2) is 30.6 Å². The van der Waals surface area contributed by atoms with E-state index in [1.54, 1.807) is 0 Å². The van der Waals surface area contributed by atoms with Crippen LogP contribution in [0.5, 0.6) is 5.75 Å². The topological polar surface area (TPSA) is 58.8 Å². The van der Waals surface area contributed by atoms with E-state index in [2.05, 4.69) is 29.4 Å². The van der Waals surface area contributed by atoms with E-state index in [-0.39, 0.29) is 0 Å². The fraction of sp³-hybridized carbons (Fsp3) is 0.520. The quantitative estimate of drug-likeness (QED) is 0.447. The van der Waals surface area contributed by atoms with Gasteiger partial charge >= 0.3 is 0 Å². The molecule has 0 spiro atoms. The Hall–Kier alpha value is -2.41. The zero-order valence-electron chi connectivity index (χ0n) is 17.6. The first-order valence-electron chi connectivity index (χ1n) is 11.1. The normalized spacial score (nSPS) is 14.5. The monoisotopic (exact) mass is 390 g/mol. The number of benzene rings is 1. The van der Waals surface area contributed by atoms with Crippen molar-refractivity contribution in [2.75, 3.05) is 6.61 Å². The van der Waals surface area contributed by atoms with Crippen molar-refractivity contribution in [2.24, 2.45) is 5.92 Å². The van der Waals surface area contributed by atoms with Gasteiger partial charge < -0.3 is 4.74 Å². The van der Waals surface area contributed by atoms with Gasteiger partial charge in [-0.2, -0.15) is 5.26 Å². The minimum absolute atomic E-state index is 0.550. The Morgan fingerprint density at radius 2 is 1.83 bits per heavy atom. The zero-order chi connectivity index (χ0) is 20.3. The molecule has 1 aromatic heterocycles. The maximum atomic E-state index is 9.55. The van der Waals surface area contributed by atoms with Gasteiger partial charge in [-0.25, -0.2) is 9.97 Å². The smallest absolute Gasteiger partial charge is 0.159 e. The van der Waals surface area contributed by atoms with Crippen LogP contribution in [0.2, 0.25) is 0 Å². The van der Waals surface area contributed by atoms with E-state index in [1.807, 2.05) is 30.6 Å². The molecule has 0 saturated heterocycles. The van der Waals surface area contributed by atoms with E-state index in [0.29, 0.717) is 29.7 Å². The van der Waals surface area contributed by atoms with Crippen LogP contribution in [-0.4, -0.2) is 16.6 Å². The molecule has 1 fully saturated rings. The number of aryl methyl sites for hydroxylation is 1. The predicted molar refractivity (Wildman–Crippen MR) is 116 cm³/mol. The lowest BCUT2D eigenvalue weighted by molar-refractivity contribution is 0.220. The average molecular weight is 391 g/mol. The highest BCUT2D eigenvalue weighted by Gasteiger charge is 2.15. The van der Waals surface area contributed by atoms with Crippen LogP contribution in [0, 0.1) is 23.7 Å². The molecule has 1 aromatic carbocycles. The number of ether oxygens (including phenoxy) is 1. The molecule has 0 N–H and O–H groups in total. The Bertz CT molecular complexity index is 789. The van der Waals surface area contributed by atoms with Crippen LogP contribution in [0.25, 0.3) is 11.4 Å². The Balaban J connectivity index is 1.58. The molecule has 1 radical (unpaired) electrons. The summed E-state index contributed by atoms with van der Waals surface area (Å²) in [5.74, 6) is 1.91. The van der Waals surface area contributed by atoms with E-state index in [0.717, 1.165) is 12.0 Å². The van der Waals surface area contributed by atoms with Crippen LogP contribution >= 0.6 is 0 Å². The molecule has 3 rings (SSSR count). The van der Waals surface area contributed by atoms with Gasteiger partial charge in [0.15, 0.2) is 5.82 Å². The number of unbranched alkanes of at least 4 members (excludes halogenated alkanes) is 4. The van der Waals surface area contributed by atoms with E-state index < -0.39 is 0 Å². The Kier molecular flexibility index (Phi) is 8.49. The van der Waals surface area contributed by atoms with Crippen molar-refractivity contribution in [3.8, 4) is 23.2 Å². The van der Waals surface area contributed by atoms with Crippen molar-refractivity contribution in [3.63, 3.8) is 0 Å². The highest BCUT2D eigenvalue weighted by molar-refractivity contribution is 5.61. The van der Waals surface area contributed by atoms with Crippen molar-refractivity contribution in [3.05, 3.63) is 48.1 Å². The largest absolute Gasteiger partial charge is 0.492 e. The van der Waals surface area contributed by atoms with Gasteiger partial charge in [-0.3, -0.25) is 0 Å². The maximum absolute atomic E-state index is 9.55. The van der Waals surface area contributed by atoms with E-state index >= 15 is 0 Å². The van der Waals surface area contributed by atoms with Gasteiger partial charge in [-0.15, -0.1) is 0 Å². The summed E-state index contributed by atoms with van der Waals surface area (Å²) >= 11 is 0. The molecule has 2 aromatic rings. The van der Waals surface area contributed by atoms with Crippen molar-refractivity contribution in [1.29, 1.82) is 5.26 Å². The molecule has 1 aliphatic rings. The minimum Gasteiger partial charge on any atom is -0.492 e. The van der Waals surface area contributed by atoms with Gasteiger partial charge in [0.2, 0.25) is 0 Å². The molecule has 4 heteroatoms. The third-order valence-corrected chi connectivity index (χ3v) is 5.67. The Morgan fingerprint density at radius 3 is 2.55 bits per heavy atom. The van der Waals surface area contributed by atoms with Crippen LogP contribution in [0.1, 0.15) is 75.8 Å². The lowest BCUT2D eigenvalue weighted by atomic mass is 9.90. The van der Waals surface area contributed by atoms with Crippen molar-refractivity contribution in [2.45, 2.75) is 71.1 Å². The van der Waals surface area contributed by atoms with Crippen LogP contribution in [0.3, 0.4) is 0 Å². The molecule has 0 amide bonds. The minimum atomic E-state index is 0.550. The molecule has 1 saturated carbocycles. The van der Waals surface area contributed by atoms with Gasteiger partial charge in [0.1, 0.15) is 11.8 Å². The highest BCUT2D eigenvalue weighted by Crippen LogP contribution is 2.27. The number of hydrogen-bond acceptors (Lipinski definition) is 4. The zero-order valence-corrected chi connectivity index (χ0v) is 17.6. The first-order chi connectivity index (χ1) is 14.3. The van der Waals surface area contributed by atoms with Crippen LogP contribution in [0.4, 0.5) is 0 Å². The molecule has 1 aliphatic carbocycles. The molecule has 0 atom stereocenters. The number of aromatic nitrogens is 2. The number of hydrogen-bond donors (Lipinski definition) is 0.